The van der Waals surface area contributed by atoms with Crippen LogP contribution in [-0.4, -0.2) is 24.1 Å². The molecule has 0 radical (unpaired) electrons. The molecule has 0 aromatic heterocycles. The molecule has 0 aliphatic carbocycles. The highest BCUT2D eigenvalue weighted by molar-refractivity contribution is 5.89. The van der Waals surface area contributed by atoms with Crippen molar-refractivity contribution in [2.75, 3.05) is 18.4 Å². The minimum absolute atomic E-state index is 0.0294. The lowest BCUT2D eigenvalue weighted by Crippen LogP contribution is -2.46. The number of halogens is 2. The highest BCUT2D eigenvalue weighted by atomic mass is 19.1. The Morgan fingerprint density at radius 3 is 2.76 bits per heavy atom. The zero-order valence-electron chi connectivity index (χ0n) is 13.8. The largest absolute Gasteiger partial charge is 0.336 e. The molecule has 6 heteroatoms. The van der Waals surface area contributed by atoms with E-state index < -0.39 is 17.7 Å². The van der Waals surface area contributed by atoms with Crippen LogP contribution < -0.4 is 10.7 Å². The van der Waals surface area contributed by atoms with E-state index in [0.717, 1.165) is 31.4 Å². The zero-order chi connectivity index (χ0) is 17.6. The predicted molar refractivity (Wildman–Crippen MR) is 93.0 cm³/mol. The van der Waals surface area contributed by atoms with E-state index in [0.29, 0.717) is 19.0 Å². The van der Waals surface area contributed by atoms with Crippen molar-refractivity contribution in [1.82, 2.24) is 10.4 Å². The number of urea groups is 1. The first-order chi connectivity index (χ1) is 12.1. The standard InChI is InChI=1S/C19H21F2N3O/c20-16-8-9-18(17(21)12-16)23-19(25)24-10-4-7-15(13-22-24)11-14-5-2-1-3-6-14/h1-3,5-6,8-9,12,15,22H,4,7,10-11,13H2,(H,23,25). The van der Waals surface area contributed by atoms with Gasteiger partial charge in [0.05, 0.1) is 5.69 Å². The van der Waals surface area contributed by atoms with Crippen LogP contribution in [0.3, 0.4) is 0 Å². The fourth-order valence-electron chi connectivity index (χ4n) is 3.03. The monoisotopic (exact) mass is 345 g/mol. The van der Waals surface area contributed by atoms with Gasteiger partial charge in [-0.15, -0.1) is 0 Å². The number of anilines is 1. The lowest BCUT2D eigenvalue weighted by molar-refractivity contribution is 0.187. The average Bonchev–Trinajstić information content (AvgIpc) is 2.84. The summed E-state index contributed by atoms with van der Waals surface area (Å²) in [7, 11) is 0. The fraction of sp³-hybridized carbons (Fsp3) is 0.316. The molecule has 3 rings (SSSR count). The molecule has 132 valence electrons. The summed E-state index contributed by atoms with van der Waals surface area (Å²) in [6.45, 7) is 1.22. The lowest BCUT2D eigenvalue weighted by Gasteiger charge is -2.22. The molecule has 1 heterocycles. The molecule has 1 aliphatic rings. The molecular formula is C19H21F2N3O. The molecule has 4 nitrogen and oxygen atoms in total. The SMILES string of the molecule is O=C(Nc1ccc(F)cc1F)N1CCCC(Cc2ccccc2)CN1. The van der Waals surface area contributed by atoms with Gasteiger partial charge in [0, 0.05) is 19.2 Å². The third-order valence-corrected chi connectivity index (χ3v) is 4.35. The van der Waals surface area contributed by atoms with Crippen molar-refractivity contribution in [1.29, 1.82) is 0 Å². The van der Waals surface area contributed by atoms with Crippen molar-refractivity contribution in [3.63, 3.8) is 0 Å². The summed E-state index contributed by atoms with van der Waals surface area (Å²) in [5.41, 5.74) is 4.38. The van der Waals surface area contributed by atoms with E-state index in [1.165, 1.54) is 16.6 Å². The molecule has 0 saturated carbocycles. The second-order valence-electron chi connectivity index (χ2n) is 6.27. The number of rotatable bonds is 3. The second kappa shape index (κ2) is 8.07. The molecular weight excluding hydrogens is 324 g/mol. The molecule has 1 fully saturated rings. The highest BCUT2D eigenvalue weighted by Crippen LogP contribution is 2.18. The molecule has 1 unspecified atom stereocenters. The van der Waals surface area contributed by atoms with Gasteiger partial charge in [-0.1, -0.05) is 30.3 Å². The Hall–Kier alpha value is -2.47. The van der Waals surface area contributed by atoms with Crippen molar-refractivity contribution in [2.24, 2.45) is 5.92 Å². The molecule has 2 amide bonds. The van der Waals surface area contributed by atoms with Crippen molar-refractivity contribution in [3.8, 4) is 0 Å². The first kappa shape index (κ1) is 17.4. The molecule has 25 heavy (non-hydrogen) atoms. The third-order valence-electron chi connectivity index (χ3n) is 4.35. The maximum atomic E-state index is 13.7. The van der Waals surface area contributed by atoms with E-state index in [-0.39, 0.29) is 5.69 Å². The number of carbonyl (C=O) groups is 1. The number of hydrogen-bond donors (Lipinski definition) is 2. The summed E-state index contributed by atoms with van der Waals surface area (Å²) in [5.74, 6) is -1.03. The fourth-order valence-corrected chi connectivity index (χ4v) is 3.03. The third kappa shape index (κ3) is 4.76. The van der Waals surface area contributed by atoms with Crippen LogP contribution in [0, 0.1) is 17.6 Å². The average molecular weight is 345 g/mol. The van der Waals surface area contributed by atoms with Crippen LogP contribution in [0.4, 0.5) is 19.3 Å². The molecule has 2 N–H and O–H groups in total. The molecule has 2 aromatic rings. The van der Waals surface area contributed by atoms with Gasteiger partial charge >= 0.3 is 6.03 Å². The number of nitrogens with one attached hydrogen (secondary N) is 2. The first-order valence-corrected chi connectivity index (χ1v) is 8.43. The van der Waals surface area contributed by atoms with E-state index >= 15 is 0 Å². The van der Waals surface area contributed by atoms with Gasteiger partial charge in [0.2, 0.25) is 0 Å². The second-order valence-corrected chi connectivity index (χ2v) is 6.27. The van der Waals surface area contributed by atoms with Crippen LogP contribution in [0.2, 0.25) is 0 Å². The number of carbonyl (C=O) groups excluding carboxylic acids is 1. The number of hydrogen-bond acceptors (Lipinski definition) is 2. The Balaban J connectivity index is 1.56. The van der Waals surface area contributed by atoms with Crippen LogP contribution in [0.25, 0.3) is 0 Å². The normalized spacial score (nSPS) is 17.8. The van der Waals surface area contributed by atoms with E-state index in [4.69, 9.17) is 0 Å². The predicted octanol–water partition coefficient (Wildman–Crippen LogP) is 3.96. The number of hydrazine groups is 1. The number of nitrogens with zero attached hydrogens (tertiary/aromatic N) is 1. The van der Waals surface area contributed by atoms with E-state index in [1.54, 1.807) is 0 Å². The molecule has 0 bridgehead atoms. The summed E-state index contributed by atoms with van der Waals surface area (Å²) < 4.78 is 26.6. The highest BCUT2D eigenvalue weighted by Gasteiger charge is 2.21. The van der Waals surface area contributed by atoms with Crippen LogP contribution >= 0.6 is 0 Å². The Morgan fingerprint density at radius 1 is 1.20 bits per heavy atom. The van der Waals surface area contributed by atoms with Gasteiger partial charge in [0.25, 0.3) is 0 Å². The van der Waals surface area contributed by atoms with Crippen LogP contribution in [0.5, 0.6) is 0 Å². The first-order valence-electron chi connectivity index (χ1n) is 8.43. The van der Waals surface area contributed by atoms with Crippen LogP contribution in [0.15, 0.2) is 48.5 Å². The maximum absolute atomic E-state index is 13.7. The van der Waals surface area contributed by atoms with Crippen LogP contribution in [0.1, 0.15) is 18.4 Å². The minimum Gasteiger partial charge on any atom is -0.304 e. The van der Waals surface area contributed by atoms with Gasteiger partial charge in [-0.05, 0) is 42.9 Å². The lowest BCUT2D eigenvalue weighted by atomic mass is 9.95. The smallest absolute Gasteiger partial charge is 0.304 e. The Morgan fingerprint density at radius 2 is 2.00 bits per heavy atom. The topological polar surface area (TPSA) is 44.4 Å². The van der Waals surface area contributed by atoms with E-state index in [1.807, 2.05) is 18.2 Å². The summed E-state index contributed by atoms with van der Waals surface area (Å²) >= 11 is 0. The van der Waals surface area contributed by atoms with Gasteiger partial charge in [-0.2, -0.15) is 0 Å². The molecule has 1 atom stereocenters. The quantitative estimate of drug-likeness (QED) is 0.884. The van der Waals surface area contributed by atoms with Gasteiger partial charge in [0.1, 0.15) is 11.6 Å². The summed E-state index contributed by atoms with van der Waals surface area (Å²) in [6.07, 6.45) is 2.83. The van der Waals surface area contributed by atoms with Gasteiger partial charge in [-0.3, -0.25) is 5.01 Å². The molecule has 2 aromatic carbocycles. The molecule has 0 spiro atoms. The Bertz CT molecular complexity index is 724. The molecule has 1 aliphatic heterocycles. The van der Waals surface area contributed by atoms with Gasteiger partial charge < -0.3 is 5.32 Å². The molecule has 1 saturated heterocycles. The van der Waals surface area contributed by atoms with E-state index in [9.17, 15) is 13.6 Å². The van der Waals surface area contributed by atoms with Crippen molar-refractivity contribution >= 4 is 11.7 Å². The Labute approximate surface area is 145 Å². The summed E-state index contributed by atoms with van der Waals surface area (Å²) in [5, 5.41) is 3.95. The Kier molecular flexibility index (Phi) is 5.60. The maximum Gasteiger partial charge on any atom is 0.336 e. The minimum atomic E-state index is -0.787. The van der Waals surface area contributed by atoms with Crippen molar-refractivity contribution in [2.45, 2.75) is 19.3 Å². The summed E-state index contributed by atoms with van der Waals surface area (Å²) in [4.78, 5) is 12.3. The number of amides is 2. The summed E-state index contributed by atoms with van der Waals surface area (Å²) in [6, 6.07) is 12.9. The number of benzene rings is 2. The van der Waals surface area contributed by atoms with Gasteiger partial charge in [-0.25, -0.2) is 19.0 Å². The van der Waals surface area contributed by atoms with Crippen molar-refractivity contribution in [3.05, 3.63) is 65.7 Å². The van der Waals surface area contributed by atoms with Crippen molar-refractivity contribution < 1.29 is 13.6 Å². The van der Waals surface area contributed by atoms with Gasteiger partial charge in [0.15, 0.2) is 0 Å². The van der Waals surface area contributed by atoms with Crippen LogP contribution in [-0.2, 0) is 6.42 Å². The van der Waals surface area contributed by atoms with E-state index in [2.05, 4.69) is 22.9 Å². The zero-order valence-corrected chi connectivity index (χ0v) is 13.8.